The number of benzene rings is 1. The van der Waals surface area contributed by atoms with E-state index in [2.05, 4.69) is 0 Å². The lowest BCUT2D eigenvalue weighted by atomic mass is 10.0. The Morgan fingerprint density at radius 2 is 2.19 bits per heavy atom. The molecule has 0 saturated carbocycles. The molecule has 2 fully saturated rings. The Hall–Kier alpha value is -1.53. The van der Waals surface area contributed by atoms with Crippen molar-refractivity contribution < 1.29 is 23.4 Å². The Bertz CT molecular complexity index is 546. The van der Waals surface area contributed by atoms with Gasteiger partial charge < -0.3 is 14.7 Å². The molecule has 6 heteroatoms. The van der Waals surface area contributed by atoms with Gasteiger partial charge in [-0.2, -0.15) is 0 Å². The lowest BCUT2D eigenvalue weighted by Gasteiger charge is -2.27. The number of carbonyl (C=O) groups is 1. The number of carbonyl (C=O) groups excluding carboxylic acids is 1. The van der Waals surface area contributed by atoms with Crippen LogP contribution in [0.1, 0.15) is 24.4 Å². The van der Waals surface area contributed by atoms with Gasteiger partial charge in [0.25, 0.3) is 0 Å². The zero-order valence-corrected chi connectivity index (χ0v) is 11.5. The van der Waals surface area contributed by atoms with Gasteiger partial charge in [0.05, 0.1) is 24.7 Å². The van der Waals surface area contributed by atoms with Gasteiger partial charge in [0.1, 0.15) is 11.6 Å². The van der Waals surface area contributed by atoms with Gasteiger partial charge >= 0.3 is 0 Å². The molecule has 1 aromatic rings. The highest BCUT2D eigenvalue weighted by Crippen LogP contribution is 2.35. The summed E-state index contributed by atoms with van der Waals surface area (Å²) >= 11 is 0. The third-order valence-electron chi connectivity index (χ3n) is 4.16. The fourth-order valence-electron chi connectivity index (χ4n) is 3.09. The number of likely N-dealkylation sites (tertiary alicyclic amines) is 1. The molecule has 21 heavy (non-hydrogen) atoms. The number of aliphatic hydroxyl groups excluding tert-OH is 1. The molecule has 0 radical (unpaired) electrons. The number of hydrogen-bond acceptors (Lipinski definition) is 3. The van der Waals surface area contributed by atoms with Crippen molar-refractivity contribution in [1.29, 1.82) is 0 Å². The van der Waals surface area contributed by atoms with Crippen LogP contribution in [0, 0.1) is 17.6 Å². The minimum atomic E-state index is -0.719. The minimum absolute atomic E-state index is 0.124. The van der Waals surface area contributed by atoms with Crippen molar-refractivity contribution in [2.45, 2.75) is 25.0 Å². The number of ether oxygens (including phenoxy) is 1. The lowest BCUT2D eigenvalue weighted by Crippen LogP contribution is -2.37. The molecule has 4 nitrogen and oxygen atoms in total. The number of aliphatic hydroxyl groups is 1. The maximum Gasteiger partial charge on any atom is 0.228 e. The topological polar surface area (TPSA) is 49.8 Å². The second-order valence-electron chi connectivity index (χ2n) is 5.62. The second-order valence-corrected chi connectivity index (χ2v) is 5.62. The van der Waals surface area contributed by atoms with Gasteiger partial charge in [-0.15, -0.1) is 0 Å². The quantitative estimate of drug-likeness (QED) is 0.903. The molecule has 114 valence electrons. The van der Waals surface area contributed by atoms with Gasteiger partial charge in [-0.25, -0.2) is 8.78 Å². The maximum absolute atomic E-state index is 14.0. The summed E-state index contributed by atoms with van der Waals surface area (Å²) in [5.41, 5.74) is 0.124. The minimum Gasteiger partial charge on any atom is -0.391 e. The zero-order chi connectivity index (χ0) is 15.0. The molecule has 2 heterocycles. The molecule has 1 amide bonds. The van der Waals surface area contributed by atoms with Crippen LogP contribution in [-0.2, 0) is 9.53 Å². The van der Waals surface area contributed by atoms with Gasteiger partial charge in [0.15, 0.2) is 0 Å². The standard InChI is InChI=1S/C15H17F2NO3/c16-10-1-2-13(17)12(5-10)14-6-11(19)7-18(14)15(20)9-3-4-21-8-9/h1-2,5,9,11,14,19H,3-4,6-8H2. The molecule has 3 unspecified atom stereocenters. The Morgan fingerprint density at radius 1 is 1.38 bits per heavy atom. The molecule has 3 atom stereocenters. The van der Waals surface area contributed by atoms with Crippen molar-refractivity contribution >= 4 is 5.91 Å². The lowest BCUT2D eigenvalue weighted by molar-refractivity contribution is -0.136. The van der Waals surface area contributed by atoms with Crippen LogP contribution in [0.5, 0.6) is 0 Å². The number of halogens is 2. The van der Waals surface area contributed by atoms with E-state index in [1.54, 1.807) is 0 Å². The first-order valence-corrected chi connectivity index (χ1v) is 7.07. The van der Waals surface area contributed by atoms with Crippen molar-refractivity contribution in [3.63, 3.8) is 0 Å². The van der Waals surface area contributed by atoms with Crippen LogP contribution in [0.4, 0.5) is 8.78 Å². The summed E-state index contributed by atoms with van der Waals surface area (Å²) in [5, 5.41) is 9.84. The van der Waals surface area contributed by atoms with Gasteiger partial charge in [0.2, 0.25) is 5.91 Å². The average molecular weight is 297 g/mol. The maximum atomic E-state index is 14.0. The van der Waals surface area contributed by atoms with E-state index in [9.17, 15) is 18.7 Å². The van der Waals surface area contributed by atoms with Crippen LogP contribution in [0.25, 0.3) is 0 Å². The fraction of sp³-hybridized carbons (Fsp3) is 0.533. The number of nitrogens with zero attached hydrogens (tertiary/aromatic N) is 1. The molecule has 1 N–H and O–H groups in total. The monoisotopic (exact) mass is 297 g/mol. The van der Waals surface area contributed by atoms with Gasteiger partial charge in [-0.3, -0.25) is 4.79 Å². The Morgan fingerprint density at radius 3 is 2.90 bits per heavy atom. The number of hydrogen-bond donors (Lipinski definition) is 1. The van der Waals surface area contributed by atoms with Crippen LogP contribution in [0.15, 0.2) is 18.2 Å². The molecule has 0 spiro atoms. The third-order valence-corrected chi connectivity index (χ3v) is 4.16. The normalized spacial score (nSPS) is 29.1. The predicted molar refractivity (Wildman–Crippen MR) is 70.4 cm³/mol. The first-order valence-electron chi connectivity index (χ1n) is 7.07. The van der Waals surface area contributed by atoms with Gasteiger partial charge in [-0.1, -0.05) is 0 Å². The molecule has 0 bridgehead atoms. The zero-order valence-electron chi connectivity index (χ0n) is 11.5. The van der Waals surface area contributed by atoms with E-state index in [-0.39, 0.29) is 30.4 Å². The Labute approximate surface area is 121 Å². The largest absolute Gasteiger partial charge is 0.391 e. The Balaban J connectivity index is 1.88. The van der Waals surface area contributed by atoms with Crippen molar-refractivity contribution in [1.82, 2.24) is 4.90 Å². The predicted octanol–water partition coefficient (Wildman–Crippen LogP) is 1.64. The first-order chi connectivity index (χ1) is 10.1. The highest BCUT2D eigenvalue weighted by molar-refractivity contribution is 5.80. The van der Waals surface area contributed by atoms with E-state index >= 15 is 0 Å². The smallest absolute Gasteiger partial charge is 0.228 e. The number of β-amino-alcohol motifs (C(OH)–C–C–N with tert-alkyl or cyclic N) is 1. The molecule has 3 rings (SSSR count). The van der Waals surface area contributed by atoms with Crippen LogP contribution >= 0.6 is 0 Å². The van der Waals surface area contributed by atoms with Crippen molar-refractivity contribution in [3.05, 3.63) is 35.4 Å². The average Bonchev–Trinajstić information content (AvgIpc) is 3.10. The molecule has 2 saturated heterocycles. The summed E-state index contributed by atoms with van der Waals surface area (Å²) in [5.74, 6) is -1.52. The highest BCUT2D eigenvalue weighted by Gasteiger charge is 2.40. The number of amides is 1. The van der Waals surface area contributed by atoms with E-state index in [0.717, 1.165) is 18.2 Å². The molecule has 0 aromatic heterocycles. The van der Waals surface area contributed by atoms with Crippen molar-refractivity contribution in [2.75, 3.05) is 19.8 Å². The third kappa shape index (κ3) is 2.78. The van der Waals surface area contributed by atoms with Crippen LogP contribution in [0.3, 0.4) is 0 Å². The van der Waals surface area contributed by atoms with Crippen LogP contribution in [0.2, 0.25) is 0 Å². The second kappa shape index (κ2) is 5.69. The summed E-state index contributed by atoms with van der Waals surface area (Å²) < 4.78 is 32.5. The van der Waals surface area contributed by atoms with E-state index in [4.69, 9.17) is 4.74 Å². The van der Waals surface area contributed by atoms with Crippen molar-refractivity contribution in [3.8, 4) is 0 Å². The first kappa shape index (κ1) is 14.4. The summed E-state index contributed by atoms with van der Waals surface area (Å²) in [4.78, 5) is 14.0. The summed E-state index contributed by atoms with van der Waals surface area (Å²) in [6, 6.07) is 2.57. The van der Waals surface area contributed by atoms with E-state index in [0.29, 0.717) is 19.6 Å². The molecular formula is C15H17F2NO3. The summed E-state index contributed by atoms with van der Waals surface area (Å²) in [6.45, 7) is 1.03. The van der Waals surface area contributed by atoms with E-state index in [1.165, 1.54) is 4.90 Å². The van der Waals surface area contributed by atoms with E-state index < -0.39 is 23.8 Å². The SMILES string of the molecule is O=C(C1CCOC1)N1CC(O)CC1c1cc(F)ccc1F. The molecule has 2 aliphatic heterocycles. The molecular weight excluding hydrogens is 280 g/mol. The van der Waals surface area contributed by atoms with Gasteiger partial charge in [0, 0.05) is 18.7 Å². The number of rotatable bonds is 2. The molecule has 0 aliphatic carbocycles. The van der Waals surface area contributed by atoms with Crippen molar-refractivity contribution in [2.24, 2.45) is 5.92 Å². The summed E-state index contributed by atoms with van der Waals surface area (Å²) in [7, 11) is 0. The van der Waals surface area contributed by atoms with Crippen LogP contribution in [-0.4, -0.2) is 41.8 Å². The highest BCUT2D eigenvalue weighted by atomic mass is 19.1. The molecule has 1 aromatic carbocycles. The van der Waals surface area contributed by atoms with E-state index in [1.807, 2.05) is 0 Å². The fourth-order valence-corrected chi connectivity index (χ4v) is 3.09. The van der Waals surface area contributed by atoms with Gasteiger partial charge in [-0.05, 0) is 31.0 Å². The van der Waals surface area contributed by atoms with Crippen LogP contribution < -0.4 is 0 Å². The summed E-state index contributed by atoms with van der Waals surface area (Å²) in [6.07, 6.45) is 0.132. The Kier molecular flexibility index (Phi) is 3.91. The molecule has 2 aliphatic rings.